The first kappa shape index (κ1) is 12.6. The van der Waals surface area contributed by atoms with Gasteiger partial charge in [-0.25, -0.2) is 0 Å². The first-order valence-corrected chi connectivity index (χ1v) is 5.36. The van der Waals surface area contributed by atoms with Crippen LogP contribution in [0.5, 0.6) is 0 Å². The van der Waals surface area contributed by atoms with Crippen LogP contribution < -0.4 is 5.32 Å². The minimum absolute atomic E-state index is 0.0144. The first-order chi connectivity index (χ1) is 7.61. The lowest BCUT2D eigenvalue weighted by molar-refractivity contribution is -0.122. The van der Waals surface area contributed by atoms with Gasteiger partial charge in [0.05, 0.1) is 13.1 Å². The van der Waals surface area contributed by atoms with Gasteiger partial charge in [0.15, 0.2) is 5.82 Å². The van der Waals surface area contributed by atoms with Crippen LogP contribution in [0.1, 0.15) is 25.1 Å². The molecule has 0 spiro atoms. The quantitative estimate of drug-likeness (QED) is 0.757. The van der Waals surface area contributed by atoms with Gasteiger partial charge < -0.3 is 9.84 Å². The molecular formula is C10H18N4O2. The Morgan fingerprint density at radius 1 is 1.56 bits per heavy atom. The second-order valence-corrected chi connectivity index (χ2v) is 3.76. The molecule has 0 radical (unpaired) electrons. The van der Waals surface area contributed by atoms with Gasteiger partial charge in [0.1, 0.15) is 0 Å². The van der Waals surface area contributed by atoms with Crippen molar-refractivity contribution in [3.63, 3.8) is 0 Å². The van der Waals surface area contributed by atoms with Crippen molar-refractivity contribution in [1.82, 2.24) is 20.4 Å². The number of hydrogen-bond acceptors (Lipinski definition) is 5. The lowest BCUT2D eigenvalue weighted by atomic mass is 10.4. The highest BCUT2D eigenvalue weighted by atomic mass is 16.5. The van der Waals surface area contributed by atoms with E-state index in [0.29, 0.717) is 31.3 Å². The van der Waals surface area contributed by atoms with Gasteiger partial charge in [-0.05, 0) is 20.4 Å². The summed E-state index contributed by atoms with van der Waals surface area (Å²) in [6.45, 7) is 5.32. The highest BCUT2D eigenvalue weighted by Gasteiger charge is 2.10. The molecule has 1 aromatic rings. The summed E-state index contributed by atoms with van der Waals surface area (Å²) in [5.41, 5.74) is 0. The molecular weight excluding hydrogens is 208 g/mol. The smallest absolute Gasteiger partial charge is 0.240 e. The molecule has 1 heterocycles. The Kier molecular flexibility index (Phi) is 4.91. The minimum atomic E-state index is 0.0144. The van der Waals surface area contributed by atoms with E-state index in [1.165, 1.54) is 0 Å². The molecule has 6 nitrogen and oxygen atoms in total. The van der Waals surface area contributed by atoms with Gasteiger partial charge in [0.2, 0.25) is 11.8 Å². The van der Waals surface area contributed by atoms with E-state index in [-0.39, 0.29) is 5.91 Å². The molecule has 0 atom stereocenters. The number of likely N-dealkylation sites (N-methyl/N-ethyl adjacent to an activating group) is 1. The average molecular weight is 226 g/mol. The van der Waals surface area contributed by atoms with E-state index in [2.05, 4.69) is 15.5 Å². The highest BCUT2D eigenvalue weighted by Crippen LogP contribution is 1.99. The molecule has 1 amide bonds. The molecule has 0 unspecified atom stereocenters. The number of amides is 1. The monoisotopic (exact) mass is 226 g/mol. The van der Waals surface area contributed by atoms with E-state index in [0.717, 1.165) is 6.42 Å². The molecule has 0 fully saturated rings. The summed E-state index contributed by atoms with van der Waals surface area (Å²) in [7, 11) is 1.84. The predicted molar refractivity (Wildman–Crippen MR) is 58.7 cm³/mol. The molecule has 6 heteroatoms. The number of aromatic nitrogens is 2. The summed E-state index contributed by atoms with van der Waals surface area (Å²) in [5, 5.41) is 6.49. The van der Waals surface area contributed by atoms with Crippen LogP contribution in [0, 0.1) is 6.92 Å². The summed E-state index contributed by atoms with van der Waals surface area (Å²) in [6.07, 6.45) is 0.943. The summed E-state index contributed by atoms with van der Waals surface area (Å²) >= 11 is 0. The van der Waals surface area contributed by atoms with Gasteiger partial charge in [-0.3, -0.25) is 9.69 Å². The summed E-state index contributed by atoms with van der Waals surface area (Å²) in [4.78, 5) is 17.3. The van der Waals surface area contributed by atoms with E-state index >= 15 is 0 Å². The zero-order valence-electron chi connectivity index (χ0n) is 9.99. The van der Waals surface area contributed by atoms with Crippen LogP contribution in [0.4, 0.5) is 0 Å². The largest absolute Gasteiger partial charge is 0.355 e. The fourth-order valence-electron chi connectivity index (χ4n) is 1.26. The van der Waals surface area contributed by atoms with E-state index in [1.807, 2.05) is 18.9 Å². The standard InChI is InChI=1S/C10H18N4O2/c1-4-5-11-9(15)6-14(3)7-10-12-8(2)13-16-10/h4-7H2,1-3H3,(H,11,15). The zero-order chi connectivity index (χ0) is 12.0. The Labute approximate surface area is 95.0 Å². The highest BCUT2D eigenvalue weighted by molar-refractivity contribution is 5.77. The van der Waals surface area contributed by atoms with Crippen molar-refractivity contribution < 1.29 is 9.32 Å². The van der Waals surface area contributed by atoms with E-state index < -0.39 is 0 Å². The summed E-state index contributed by atoms with van der Waals surface area (Å²) in [6, 6.07) is 0. The maximum absolute atomic E-state index is 11.4. The Morgan fingerprint density at radius 2 is 2.31 bits per heavy atom. The summed E-state index contributed by atoms with van der Waals surface area (Å²) in [5.74, 6) is 1.16. The number of carbonyl (C=O) groups excluding carboxylic acids is 1. The normalized spacial score (nSPS) is 10.8. The van der Waals surface area contributed by atoms with E-state index in [9.17, 15) is 4.79 Å². The molecule has 1 rings (SSSR count). The number of carbonyl (C=O) groups is 1. The third kappa shape index (κ3) is 4.39. The number of rotatable bonds is 6. The van der Waals surface area contributed by atoms with Crippen molar-refractivity contribution >= 4 is 5.91 Å². The third-order valence-corrected chi connectivity index (χ3v) is 1.96. The van der Waals surface area contributed by atoms with E-state index in [4.69, 9.17) is 4.52 Å². The molecule has 0 bridgehead atoms. The fraction of sp³-hybridized carbons (Fsp3) is 0.700. The molecule has 0 saturated heterocycles. The molecule has 0 aliphatic rings. The van der Waals surface area contributed by atoms with Crippen molar-refractivity contribution in [1.29, 1.82) is 0 Å². The Bertz CT molecular complexity index is 337. The van der Waals surface area contributed by atoms with Gasteiger partial charge >= 0.3 is 0 Å². The van der Waals surface area contributed by atoms with Crippen LogP contribution in [0.2, 0.25) is 0 Å². The molecule has 16 heavy (non-hydrogen) atoms. The Morgan fingerprint density at radius 3 is 2.88 bits per heavy atom. The number of hydrogen-bond donors (Lipinski definition) is 1. The van der Waals surface area contributed by atoms with Crippen LogP contribution in [0.3, 0.4) is 0 Å². The van der Waals surface area contributed by atoms with Crippen molar-refractivity contribution in [3.8, 4) is 0 Å². The first-order valence-electron chi connectivity index (χ1n) is 5.36. The van der Waals surface area contributed by atoms with Gasteiger partial charge in [-0.1, -0.05) is 12.1 Å². The van der Waals surface area contributed by atoms with Crippen molar-refractivity contribution in [3.05, 3.63) is 11.7 Å². The molecule has 0 aliphatic heterocycles. The molecule has 0 aliphatic carbocycles. The van der Waals surface area contributed by atoms with Gasteiger partial charge in [0, 0.05) is 6.54 Å². The van der Waals surface area contributed by atoms with Gasteiger partial charge in [-0.2, -0.15) is 4.98 Å². The molecule has 1 N–H and O–H groups in total. The lowest BCUT2D eigenvalue weighted by Crippen LogP contribution is -2.35. The van der Waals surface area contributed by atoms with Crippen LogP contribution >= 0.6 is 0 Å². The Hall–Kier alpha value is -1.43. The number of aryl methyl sites for hydroxylation is 1. The molecule has 0 saturated carbocycles. The van der Waals surface area contributed by atoms with Crippen molar-refractivity contribution in [2.45, 2.75) is 26.8 Å². The van der Waals surface area contributed by atoms with Crippen molar-refractivity contribution in [2.75, 3.05) is 20.1 Å². The van der Waals surface area contributed by atoms with E-state index in [1.54, 1.807) is 6.92 Å². The fourth-order valence-corrected chi connectivity index (χ4v) is 1.26. The second-order valence-electron chi connectivity index (χ2n) is 3.76. The Balaban J connectivity index is 2.30. The van der Waals surface area contributed by atoms with Gasteiger partial charge in [0.25, 0.3) is 0 Å². The van der Waals surface area contributed by atoms with Crippen LogP contribution in [0.25, 0.3) is 0 Å². The topological polar surface area (TPSA) is 71.3 Å². The molecule has 1 aromatic heterocycles. The van der Waals surface area contributed by atoms with Crippen LogP contribution in [0.15, 0.2) is 4.52 Å². The van der Waals surface area contributed by atoms with Crippen LogP contribution in [-0.2, 0) is 11.3 Å². The minimum Gasteiger partial charge on any atom is -0.355 e. The van der Waals surface area contributed by atoms with Gasteiger partial charge in [-0.15, -0.1) is 0 Å². The molecule has 90 valence electrons. The third-order valence-electron chi connectivity index (χ3n) is 1.96. The lowest BCUT2D eigenvalue weighted by Gasteiger charge is -2.13. The number of nitrogens with zero attached hydrogens (tertiary/aromatic N) is 3. The molecule has 0 aromatic carbocycles. The summed E-state index contributed by atoms with van der Waals surface area (Å²) < 4.78 is 4.96. The average Bonchev–Trinajstić information content (AvgIpc) is 2.60. The second kappa shape index (κ2) is 6.22. The number of nitrogens with one attached hydrogen (secondary N) is 1. The maximum atomic E-state index is 11.4. The van der Waals surface area contributed by atoms with Crippen molar-refractivity contribution in [2.24, 2.45) is 0 Å². The maximum Gasteiger partial charge on any atom is 0.240 e. The predicted octanol–water partition coefficient (Wildman–Crippen LogP) is 0.336. The SMILES string of the molecule is CCCNC(=O)CN(C)Cc1nc(C)no1. The van der Waals surface area contributed by atoms with Crippen LogP contribution in [-0.4, -0.2) is 41.1 Å². The zero-order valence-corrected chi connectivity index (χ0v) is 9.99.